The molecule has 0 aliphatic heterocycles. The summed E-state index contributed by atoms with van der Waals surface area (Å²) in [6, 6.07) is 9.89. The van der Waals surface area contributed by atoms with Gasteiger partial charge in [0.15, 0.2) is 5.13 Å². The van der Waals surface area contributed by atoms with Crippen LogP contribution in [0.4, 0.5) is 10.1 Å². The van der Waals surface area contributed by atoms with E-state index in [0.29, 0.717) is 44.4 Å². The maximum absolute atomic E-state index is 14.7. The fourth-order valence-corrected chi connectivity index (χ4v) is 4.71. The highest BCUT2D eigenvalue weighted by Crippen LogP contribution is 2.39. The molecule has 2 heterocycles. The van der Waals surface area contributed by atoms with Crippen LogP contribution in [-0.4, -0.2) is 30.4 Å². The Bertz CT molecular complexity index is 1150. The minimum atomic E-state index is -3.42. The predicted molar refractivity (Wildman–Crippen MR) is 116 cm³/mol. The van der Waals surface area contributed by atoms with E-state index in [1.807, 2.05) is 0 Å². The second-order valence-corrected chi connectivity index (χ2v) is 10.5. The van der Waals surface area contributed by atoms with E-state index in [0.717, 1.165) is 17.6 Å². The van der Waals surface area contributed by atoms with Gasteiger partial charge in [-0.2, -0.15) is 4.39 Å². The third kappa shape index (κ3) is 5.76. The van der Waals surface area contributed by atoms with Crippen molar-refractivity contribution < 1.29 is 17.9 Å². The zero-order chi connectivity index (χ0) is 21.4. The van der Waals surface area contributed by atoms with Gasteiger partial charge in [-0.3, -0.25) is 9.71 Å². The van der Waals surface area contributed by atoms with Crippen LogP contribution < -0.4 is 4.72 Å². The molecule has 0 spiro atoms. The maximum atomic E-state index is 14.7. The molecule has 0 unspecified atom stereocenters. The van der Waals surface area contributed by atoms with Gasteiger partial charge in [-0.05, 0) is 55.8 Å². The fourth-order valence-electron chi connectivity index (χ4n) is 2.88. The van der Waals surface area contributed by atoms with Gasteiger partial charge < -0.3 is 5.11 Å². The number of pyridine rings is 1. The number of nitrogens with zero attached hydrogens (tertiary/aromatic N) is 1. The second kappa shape index (κ2) is 8.02. The summed E-state index contributed by atoms with van der Waals surface area (Å²) in [6.07, 6.45) is 2.99. The topological polar surface area (TPSA) is 79.3 Å². The predicted octanol–water partition coefficient (Wildman–Crippen LogP) is 4.95. The van der Waals surface area contributed by atoms with Gasteiger partial charge in [0.2, 0.25) is 10.0 Å². The summed E-state index contributed by atoms with van der Waals surface area (Å²) in [5.41, 5.74) is 1.76. The van der Waals surface area contributed by atoms with E-state index in [1.165, 1.54) is 6.07 Å². The maximum Gasteiger partial charge on any atom is 0.229 e. The molecule has 0 radical (unpaired) electrons. The van der Waals surface area contributed by atoms with Gasteiger partial charge in [0.05, 0.1) is 16.9 Å². The monoisotopic (exact) mass is 454 g/mol. The lowest BCUT2D eigenvalue weighted by molar-refractivity contribution is 0.0800. The van der Waals surface area contributed by atoms with E-state index in [4.69, 9.17) is 11.6 Å². The van der Waals surface area contributed by atoms with E-state index < -0.39 is 15.6 Å². The minimum Gasteiger partial charge on any atom is -0.390 e. The summed E-state index contributed by atoms with van der Waals surface area (Å²) < 4.78 is 39.8. The molecule has 0 bridgehead atoms. The molecule has 0 amide bonds. The van der Waals surface area contributed by atoms with Crippen molar-refractivity contribution >= 4 is 38.6 Å². The molecule has 29 heavy (non-hydrogen) atoms. The number of thiophene rings is 1. The molecular formula is C20H20ClFN2O3S2. The van der Waals surface area contributed by atoms with Crippen LogP contribution in [0.2, 0.25) is 5.02 Å². The van der Waals surface area contributed by atoms with E-state index in [1.54, 1.807) is 50.4 Å². The average Bonchev–Trinajstić information content (AvgIpc) is 2.93. The zero-order valence-electron chi connectivity index (χ0n) is 16.0. The van der Waals surface area contributed by atoms with Crippen LogP contribution in [-0.2, 0) is 16.4 Å². The Labute approximate surface area is 178 Å². The molecule has 1 aromatic carbocycles. The second-order valence-electron chi connectivity index (χ2n) is 7.39. The molecule has 0 atom stereocenters. The number of aliphatic hydroxyl groups is 1. The van der Waals surface area contributed by atoms with Crippen LogP contribution in [0.1, 0.15) is 19.5 Å². The van der Waals surface area contributed by atoms with Crippen LogP contribution in [0.5, 0.6) is 0 Å². The van der Waals surface area contributed by atoms with E-state index >= 15 is 0 Å². The van der Waals surface area contributed by atoms with Crippen molar-refractivity contribution in [2.75, 3.05) is 11.0 Å². The first-order valence-electron chi connectivity index (χ1n) is 8.66. The van der Waals surface area contributed by atoms with Crippen molar-refractivity contribution in [3.05, 3.63) is 58.4 Å². The summed E-state index contributed by atoms with van der Waals surface area (Å²) in [4.78, 5) is 4.86. The van der Waals surface area contributed by atoms with Crippen LogP contribution in [0, 0.1) is 5.13 Å². The highest BCUT2D eigenvalue weighted by molar-refractivity contribution is 7.92. The minimum absolute atomic E-state index is 0.309. The molecule has 3 rings (SSSR count). The molecule has 0 aliphatic carbocycles. The molecule has 5 nitrogen and oxygen atoms in total. The number of hydrogen-bond acceptors (Lipinski definition) is 5. The Morgan fingerprint density at radius 1 is 1.21 bits per heavy atom. The van der Waals surface area contributed by atoms with Crippen molar-refractivity contribution in [1.82, 2.24) is 4.98 Å². The molecule has 0 aliphatic rings. The number of aromatic nitrogens is 1. The summed E-state index contributed by atoms with van der Waals surface area (Å²) in [5.74, 6) is 0. The lowest BCUT2D eigenvalue weighted by atomic mass is 10.00. The Balaban J connectivity index is 1.94. The molecule has 0 saturated carbocycles. The number of rotatable bonds is 6. The fraction of sp³-hybridized carbons (Fsp3) is 0.250. The first-order valence-corrected chi connectivity index (χ1v) is 11.7. The van der Waals surface area contributed by atoms with Gasteiger partial charge in [0.25, 0.3) is 0 Å². The standard InChI is InChI=1S/C20H20ClFN2O3S2/c1-20(2,25)11-14-8-12(6-7-23-14)16-10-18(28-19(16)22)15-5-4-13(9-17(15)21)24-29(3,26)27/h4-10,24-25H,11H2,1-3H3. The lowest BCUT2D eigenvalue weighted by Crippen LogP contribution is -2.22. The van der Waals surface area contributed by atoms with Crippen LogP contribution in [0.15, 0.2) is 42.6 Å². The van der Waals surface area contributed by atoms with Gasteiger partial charge in [-0.25, -0.2) is 8.42 Å². The molecule has 9 heteroatoms. The summed E-state index contributed by atoms with van der Waals surface area (Å²) >= 11 is 7.26. The largest absolute Gasteiger partial charge is 0.390 e. The highest BCUT2D eigenvalue weighted by atomic mass is 35.5. The summed E-state index contributed by atoms with van der Waals surface area (Å²) in [6.45, 7) is 3.38. The van der Waals surface area contributed by atoms with E-state index in [2.05, 4.69) is 9.71 Å². The molecule has 2 aromatic heterocycles. The third-order valence-corrected chi connectivity index (χ3v) is 5.84. The van der Waals surface area contributed by atoms with Crippen LogP contribution >= 0.6 is 22.9 Å². The molecule has 3 aromatic rings. The van der Waals surface area contributed by atoms with Crippen molar-refractivity contribution in [2.45, 2.75) is 25.9 Å². The lowest BCUT2D eigenvalue weighted by Gasteiger charge is -2.16. The molecule has 154 valence electrons. The Kier molecular flexibility index (Phi) is 6.01. The Morgan fingerprint density at radius 2 is 1.93 bits per heavy atom. The SMILES string of the molecule is CC(C)(O)Cc1cc(-c2cc(-c3ccc(NS(C)(=O)=O)cc3Cl)sc2F)ccn1. The number of hydrogen-bond donors (Lipinski definition) is 2. The van der Waals surface area contributed by atoms with E-state index in [9.17, 15) is 17.9 Å². The van der Waals surface area contributed by atoms with Crippen LogP contribution in [0.25, 0.3) is 21.6 Å². The summed E-state index contributed by atoms with van der Waals surface area (Å²) in [5, 5.41) is 9.94. The van der Waals surface area contributed by atoms with Gasteiger partial charge >= 0.3 is 0 Å². The molecular weight excluding hydrogens is 435 g/mol. The number of sulfonamides is 1. The Hall–Kier alpha value is -2.00. The number of anilines is 1. The van der Waals surface area contributed by atoms with E-state index in [-0.39, 0.29) is 5.13 Å². The summed E-state index contributed by atoms with van der Waals surface area (Å²) in [7, 11) is -3.42. The van der Waals surface area contributed by atoms with Crippen molar-refractivity contribution in [1.29, 1.82) is 0 Å². The zero-order valence-corrected chi connectivity index (χ0v) is 18.4. The quantitative estimate of drug-likeness (QED) is 0.552. The average molecular weight is 455 g/mol. The van der Waals surface area contributed by atoms with Gasteiger partial charge in [-0.15, -0.1) is 11.3 Å². The van der Waals surface area contributed by atoms with Crippen LogP contribution in [0.3, 0.4) is 0 Å². The van der Waals surface area contributed by atoms with Crippen molar-refractivity contribution in [3.63, 3.8) is 0 Å². The van der Waals surface area contributed by atoms with Gasteiger partial charge in [0, 0.05) is 40.0 Å². The smallest absolute Gasteiger partial charge is 0.229 e. The normalized spacial score (nSPS) is 12.2. The highest BCUT2D eigenvalue weighted by Gasteiger charge is 2.18. The number of benzene rings is 1. The molecule has 2 N–H and O–H groups in total. The molecule has 0 saturated heterocycles. The first-order chi connectivity index (χ1) is 13.4. The third-order valence-electron chi connectivity index (χ3n) is 3.97. The van der Waals surface area contributed by atoms with Crippen molar-refractivity contribution in [3.8, 4) is 21.6 Å². The van der Waals surface area contributed by atoms with Gasteiger partial charge in [0.1, 0.15) is 0 Å². The molecule has 0 fully saturated rings. The Morgan fingerprint density at radius 3 is 2.55 bits per heavy atom. The number of halogens is 2. The van der Waals surface area contributed by atoms with Gasteiger partial charge in [-0.1, -0.05) is 11.6 Å². The number of nitrogens with one attached hydrogen (secondary N) is 1. The first kappa shape index (κ1) is 21.7. The van der Waals surface area contributed by atoms with Crippen molar-refractivity contribution in [2.24, 2.45) is 0 Å².